The molecular formula is C6H6N4O. The molecule has 2 aromatic rings. The third-order valence-electron chi connectivity index (χ3n) is 1.51. The van der Waals surface area contributed by atoms with Gasteiger partial charge in [0.05, 0.1) is 6.33 Å². The van der Waals surface area contributed by atoms with Crippen LogP contribution in [0.1, 0.15) is 0 Å². The van der Waals surface area contributed by atoms with E-state index in [4.69, 9.17) is 0 Å². The van der Waals surface area contributed by atoms with Gasteiger partial charge < -0.3 is 9.77 Å². The fraction of sp³-hybridized carbons (Fsp3) is 0.167. The molecule has 0 atom stereocenters. The molecule has 0 N–H and O–H groups in total. The maximum Gasteiger partial charge on any atom is 0.295 e. The Morgan fingerprint density at radius 3 is 3.18 bits per heavy atom. The maximum atomic E-state index is 10.7. The van der Waals surface area contributed by atoms with E-state index in [2.05, 4.69) is 9.97 Å². The third kappa shape index (κ3) is 0.813. The van der Waals surface area contributed by atoms with Crippen LogP contribution in [0.4, 0.5) is 0 Å². The van der Waals surface area contributed by atoms with Gasteiger partial charge in [0.2, 0.25) is 0 Å². The number of nitrogens with zero attached hydrogens (tertiary/aromatic N) is 4. The van der Waals surface area contributed by atoms with E-state index in [1.807, 2.05) is 7.05 Å². The first-order valence-electron chi connectivity index (χ1n) is 3.13. The molecule has 0 saturated heterocycles. The van der Waals surface area contributed by atoms with Crippen LogP contribution in [0.3, 0.4) is 0 Å². The lowest BCUT2D eigenvalue weighted by molar-refractivity contribution is -0.607. The predicted molar refractivity (Wildman–Crippen MR) is 37.5 cm³/mol. The van der Waals surface area contributed by atoms with Gasteiger partial charge >= 0.3 is 0 Å². The Kier molecular flexibility index (Phi) is 1.06. The molecule has 0 aliphatic rings. The fourth-order valence-corrected chi connectivity index (χ4v) is 0.941. The SMILES string of the molecule is Cn1cnc2nc[n+]([O-])cc21. The molecular weight excluding hydrogens is 144 g/mol. The van der Waals surface area contributed by atoms with Crippen molar-refractivity contribution in [1.82, 2.24) is 14.5 Å². The van der Waals surface area contributed by atoms with Crippen molar-refractivity contribution >= 4 is 11.2 Å². The summed E-state index contributed by atoms with van der Waals surface area (Å²) in [5.74, 6) is 0. The van der Waals surface area contributed by atoms with Gasteiger partial charge in [-0.05, 0) is 4.98 Å². The van der Waals surface area contributed by atoms with Crippen LogP contribution in [-0.4, -0.2) is 14.5 Å². The summed E-state index contributed by atoms with van der Waals surface area (Å²) >= 11 is 0. The number of aromatic nitrogens is 4. The van der Waals surface area contributed by atoms with Crippen molar-refractivity contribution in [2.45, 2.75) is 0 Å². The molecule has 2 heterocycles. The van der Waals surface area contributed by atoms with E-state index in [0.717, 1.165) is 5.52 Å². The van der Waals surface area contributed by atoms with E-state index in [0.29, 0.717) is 10.4 Å². The second-order valence-corrected chi connectivity index (χ2v) is 2.30. The van der Waals surface area contributed by atoms with Gasteiger partial charge in [0, 0.05) is 7.05 Å². The maximum absolute atomic E-state index is 10.7. The van der Waals surface area contributed by atoms with Crippen molar-refractivity contribution in [2.24, 2.45) is 7.05 Å². The van der Waals surface area contributed by atoms with Gasteiger partial charge in [-0.3, -0.25) is 0 Å². The Labute approximate surface area is 62.5 Å². The van der Waals surface area contributed by atoms with Crippen molar-refractivity contribution in [2.75, 3.05) is 0 Å². The first-order chi connectivity index (χ1) is 5.27. The van der Waals surface area contributed by atoms with E-state index in [1.165, 1.54) is 12.5 Å². The van der Waals surface area contributed by atoms with E-state index < -0.39 is 0 Å². The van der Waals surface area contributed by atoms with Gasteiger partial charge in [0.15, 0.2) is 5.52 Å². The minimum atomic E-state index is 0.597. The van der Waals surface area contributed by atoms with Crippen LogP contribution in [-0.2, 0) is 7.05 Å². The van der Waals surface area contributed by atoms with Gasteiger partial charge in [0.1, 0.15) is 6.20 Å². The van der Waals surface area contributed by atoms with Gasteiger partial charge in [-0.1, -0.05) is 0 Å². The largest absolute Gasteiger partial charge is 0.711 e. The average molecular weight is 150 g/mol. The molecule has 0 spiro atoms. The van der Waals surface area contributed by atoms with Crippen LogP contribution in [0, 0.1) is 5.21 Å². The van der Waals surface area contributed by atoms with Crippen molar-refractivity contribution in [1.29, 1.82) is 0 Å². The average Bonchev–Trinajstić information content (AvgIpc) is 2.33. The van der Waals surface area contributed by atoms with Crippen molar-refractivity contribution in [3.8, 4) is 0 Å². The molecule has 11 heavy (non-hydrogen) atoms. The molecule has 0 amide bonds. The smallest absolute Gasteiger partial charge is 0.295 e. The summed E-state index contributed by atoms with van der Waals surface area (Å²) in [5.41, 5.74) is 1.34. The van der Waals surface area contributed by atoms with Gasteiger partial charge in [0.25, 0.3) is 12.0 Å². The number of aryl methyl sites for hydroxylation is 1. The van der Waals surface area contributed by atoms with Crippen molar-refractivity contribution < 1.29 is 4.73 Å². The van der Waals surface area contributed by atoms with Crippen molar-refractivity contribution in [3.05, 3.63) is 24.1 Å². The van der Waals surface area contributed by atoms with E-state index in [1.54, 1.807) is 10.9 Å². The summed E-state index contributed by atoms with van der Waals surface area (Å²) in [6, 6.07) is 0. The molecule has 56 valence electrons. The molecule has 2 aromatic heterocycles. The minimum absolute atomic E-state index is 0.597. The van der Waals surface area contributed by atoms with Crippen LogP contribution in [0.2, 0.25) is 0 Å². The molecule has 5 heteroatoms. The Morgan fingerprint density at radius 2 is 2.36 bits per heavy atom. The number of fused-ring (bicyclic) bond motifs is 1. The highest BCUT2D eigenvalue weighted by Crippen LogP contribution is 2.02. The molecule has 0 aliphatic carbocycles. The monoisotopic (exact) mass is 150 g/mol. The standard InChI is InChI=1S/C6H6N4O/c1-9-3-7-6-5(9)2-10(11)4-8-6/h2-4H,1H3. The van der Waals surface area contributed by atoms with Gasteiger partial charge in [-0.25, -0.2) is 4.73 Å². The Hall–Kier alpha value is -1.65. The van der Waals surface area contributed by atoms with E-state index >= 15 is 0 Å². The van der Waals surface area contributed by atoms with Gasteiger partial charge in [-0.2, -0.15) is 4.98 Å². The highest BCUT2D eigenvalue weighted by Gasteiger charge is 2.04. The summed E-state index contributed by atoms with van der Waals surface area (Å²) < 4.78 is 2.40. The number of hydrogen-bond donors (Lipinski definition) is 0. The summed E-state index contributed by atoms with van der Waals surface area (Å²) in [5, 5.41) is 10.7. The molecule has 5 nitrogen and oxygen atoms in total. The highest BCUT2D eigenvalue weighted by molar-refractivity contribution is 5.67. The van der Waals surface area contributed by atoms with Crippen LogP contribution in [0.5, 0.6) is 0 Å². The molecule has 2 rings (SSSR count). The quantitative estimate of drug-likeness (QED) is 0.379. The Morgan fingerprint density at radius 1 is 1.55 bits per heavy atom. The molecule has 0 radical (unpaired) electrons. The molecule has 0 fully saturated rings. The predicted octanol–water partition coefficient (Wildman–Crippen LogP) is -0.398. The summed E-state index contributed by atoms with van der Waals surface area (Å²) in [7, 11) is 1.82. The van der Waals surface area contributed by atoms with Crippen LogP contribution in [0.15, 0.2) is 18.9 Å². The van der Waals surface area contributed by atoms with Crippen LogP contribution < -0.4 is 4.73 Å². The lowest BCUT2D eigenvalue weighted by atomic mass is 10.5. The first kappa shape index (κ1) is 6.09. The summed E-state index contributed by atoms with van der Waals surface area (Å²) in [4.78, 5) is 7.78. The zero-order valence-corrected chi connectivity index (χ0v) is 5.93. The number of imidazole rings is 1. The molecule has 0 aliphatic heterocycles. The Balaban J connectivity index is 2.87. The van der Waals surface area contributed by atoms with E-state index in [-0.39, 0.29) is 0 Å². The summed E-state index contributed by atoms with van der Waals surface area (Å²) in [6.07, 6.45) is 4.25. The fourth-order valence-electron chi connectivity index (χ4n) is 0.941. The first-order valence-corrected chi connectivity index (χ1v) is 3.13. The highest BCUT2D eigenvalue weighted by atomic mass is 16.5. The van der Waals surface area contributed by atoms with Crippen molar-refractivity contribution in [3.63, 3.8) is 0 Å². The van der Waals surface area contributed by atoms with Gasteiger partial charge in [-0.15, -0.1) is 0 Å². The lowest BCUT2D eigenvalue weighted by Gasteiger charge is -1.96. The van der Waals surface area contributed by atoms with Crippen LogP contribution >= 0.6 is 0 Å². The lowest BCUT2D eigenvalue weighted by Crippen LogP contribution is -2.25. The second-order valence-electron chi connectivity index (χ2n) is 2.30. The third-order valence-corrected chi connectivity index (χ3v) is 1.51. The molecule has 0 unspecified atom stereocenters. The zero-order valence-electron chi connectivity index (χ0n) is 5.93. The number of hydrogen-bond acceptors (Lipinski definition) is 3. The molecule has 0 saturated carbocycles. The zero-order chi connectivity index (χ0) is 7.84. The number of rotatable bonds is 0. The molecule has 0 bridgehead atoms. The summed E-state index contributed by atoms with van der Waals surface area (Å²) in [6.45, 7) is 0. The second kappa shape index (κ2) is 1.91. The Bertz CT molecular complexity index is 394. The topological polar surface area (TPSA) is 57.7 Å². The minimum Gasteiger partial charge on any atom is -0.711 e. The van der Waals surface area contributed by atoms with E-state index in [9.17, 15) is 5.21 Å². The normalized spacial score (nSPS) is 10.6. The molecule has 0 aromatic carbocycles. The van der Waals surface area contributed by atoms with Crippen LogP contribution in [0.25, 0.3) is 11.2 Å².